The second-order valence-corrected chi connectivity index (χ2v) is 7.88. The maximum absolute atomic E-state index is 11.9. The predicted octanol–water partition coefficient (Wildman–Crippen LogP) is 5.21. The molecule has 30 heavy (non-hydrogen) atoms. The average Bonchev–Trinajstić information content (AvgIpc) is 3.09. The minimum atomic E-state index is -0.147. The number of benzene rings is 2. The number of carbonyl (C=O) groups excluding carboxylic acids is 1. The number of aromatic nitrogens is 2. The van der Waals surface area contributed by atoms with Crippen LogP contribution in [0.15, 0.2) is 60.7 Å². The highest BCUT2D eigenvalue weighted by molar-refractivity contribution is 5.92. The third-order valence-electron chi connectivity index (χ3n) is 5.10. The van der Waals surface area contributed by atoms with Gasteiger partial charge < -0.3 is 14.6 Å². The molecule has 0 unspecified atom stereocenters. The van der Waals surface area contributed by atoms with E-state index in [9.17, 15) is 4.79 Å². The molecular weight excluding hydrogens is 374 g/mol. The Morgan fingerprint density at radius 3 is 2.63 bits per heavy atom. The first-order chi connectivity index (χ1) is 14.5. The average molecular weight is 406 g/mol. The molecule has 0 saturated carbocycles. The van der Waals surface area contributed by atoms with Crippen LogP contribution in [-0.4, -0.2) is 22.1 Å². The predicted molar refractivity (Wildman–Crippen MR) is 122 cm³/mol. The van der Waals surface area contributed by atoms with Crippen LogP contribution in [0.5, 0.6) is 5.75 Å². The van der Waals surface area contributed by atoms with Gasteiger partial charge in [0, 0.05) is 12.1 Å². The van der Waals surface area contributed by atoms with Crippen molar-refractivity contribution in [1.82, 2.24) is 14.9 Å². The highest BCUT2D eigenvalue weighted by Gasteiger charge is 2.12. The fourth-order valence-corrected chi connectivity index (χ4v) is 3.46. The summed E-state index contributed by atoms with van der Waals surface area (Å²) in [5, 5.41) is 2.89. The van der Waals surface area contributed by atoms with Crippen LogP contribution in [0.1, 0.15) is 50.9 Å². The minimum Gasteiger partial charge on any atom is -0.493 e. The Balaban J connectivity index is 1.61. The zero-order valence-electron chi connectivity index (χ0n) is 18.1. The molecule has 0 aliphatic carbocycles. The van der Waals surface area contributed by atoms with E-state index < -0.39 is 0 Å². The lowest BCUT2D eigenvalue weighted by Crippen LogP contribution is -2.25. The third kappa shape index (κ3) is 5.29. The standard InChI is InChI=1S/C25H31N3O2/c1-18(2)20-11-5-8-14-23(20)30-16-10-9-15-28-22-13-7-6-12-21(22)27-24(28)17-26-25(29)19(3)4/h5-8,11-14,18H,3,9-10,15-17H2,1-2,4H3,(H,26,29). The van der Waals surface area contributed by atoms with E-state index in [0.29, 0.717) is 24.6 Å². The maximum Gasteiger partial charge on any atom is 0.246 e. The molecule has 1 N–H and O–H groups in total. The number of nitrogens with one attached hydrogen (secondary N) is 1. The Bertz CT molecular complexity index is 1020. The van der Waals surface area contributed by atoms with Gasteiger partial charge in [-0.1, -0.05) is 50.8 Å². The minimum absolute atomic E-state index is 0.147. The van der Waals surface area contributed by atoms with Crippen LogP contribution in [0.3, 0.4) is 0 Å². The first-order valence-electron chi connectivity index (χ1n) is 10.6. The highest BCUT2D eigenvalue weighted by atomic mass is 16.5. The van der Waals surface area contributed by atoms with Crippen molar-refractivity contribution in [3.8, 4) is 5.75 Å². The Labute approximate surface area is 178 Å². The summed E-state index contributed by atoms with van der Waals surface area (Å²) in [6.45, 7) is 11.7. The van der Waals surface area contributed by atoms with Crippen LogP contribution in [-0.2, 0) is 17.9 Å². The monoisotopic (exact) mass is 405 g/mol. The van der Waals surface area contributed by atoms with E-state index in [2.05, 4.69) is 48.5 Å². The molecule has 3 rings (SSSR count). The molecule has 3 aromatic rings. The summed E-state index contributed by atoms with van der Waals surface area (Å²) in [4.78, 5) is 16.6. The smallest absolute Gasteiger partial charge is 0.246 e. The van der Waals surface area contributed by atoms with Crippen LogP contribution in [0, 0.1) is 0 Å². The van der Waals surface area contributed by atoms with Crippen molar-refractivity contribution in [2.24, 2.45) is 0 Å². The van der Waals surface area contributed by atoms with E-state index >= 15 is 0 Å². The molecule has 1 aromatic heterocycles. The van der Waals surface area contributed by atoms with Crippen molar-refractivity contribution < 1.29 is 9.53 Å². The lowest BCUT2D eigenvalue weighted by atomic mass is 10.0. The van der Waals surface area contributed by atoms with Gasteiger partial charge in [-0.2, -0.15) is 0 Å². The molecule has 5 nitrogen and oxygen atoms in total. The van der Waals surface area contributed by atoms with Crippen molar-refractivity contribution in [2.75, 3.05) is 6.61 Å². The van der Waals surface area contributed by atoms with E-state index in [4.69, 9.17) is 9.72 Å². The molecular formula is C25H31N3O2. The summed E-state index contributed by atoms with van der Waals surface area (Å²) in [5.74, 6) is 2.13. The summed E-state index contributed by atoms with van der Waals surface area (Å²) in [5.41, 5.74) is 3.77. The van der Waals surface area contributed by atoms with Crippen molar-refractivity contribution in [3.05, 3.63) is 72.1 Å². The SMILES string of the molecule is C=C(C)C(=O)NCc1nc2ccccc2n1CCCCOc1ccccc1C(C)C. The number of imidazole rings is 1. The number of hydrogen-bond donors (Lipinski definition) is 1. The van der Waals surface area contributed by atoms with E-state index in [-0.39, 0.29) is 5.91 Å². The van der Waals surface area contributed by atoms with Gasteiger partial charge in [0.15, 0.2) is 0 Å². The van der Waals surface area contributed by atoms with Gasteiger partial charge in [0.25, 0.3) is 0 Å². The second kappa shape index (κ2) is 10.1. The van der Waals surface area contributed by atoms with Gasteiger partial charge in [0.2, 0.25) is 5.91 Å². The Morgan fingerprint density at radius 1 is 1.13 bits per heavy atom. The highest BCUT2D eigenvalue weighted by Crippen LogP contribution is 2.26. The summed E-state index contributed by atoms with van der Waals surface area (Å²) >= 11 is 0. The molecule has 0 radical (unpaired) electrons. The van der Waals surface area contributed by atoms with Crippen molar-refractivity contribution in [1.29, 1.82) is 0 Å². The Morgan fingerprint density at radius 2 is 1.87 bits per heavy atom. The number of nitrogens with zero attached hydrogens (tertiary/aromatic N) is 2. The molecule has 0 atom stereocenters. The summed E-state index contributed by atoms with van der Waals surface area (Å²) in [6, 6.07) is 16.3. The molecule has 0 saturated heterocycles. The first-order valence-corrected chi connectivity index (χ1v) is 10.6. The molecule has 2 aromatic carbocycles. The molecule has 5 heteroatoms. The van der Waals surface area contributed by atoms with Crippen LogP contribution in [0.2, 0.25) is 0 Å². The van der Waals surface area contributed by atoms with Crippen LogP contribution < -0.4 is 10.1 Å². The molecule has 158 valence electrons. The normalized spacial score (nSPS) is 11.1. The van der Waals surface area contributed by atoms with Gasteiger partial charge in [-0.05, 0) is 49.4 Å². The third-order valence-corrected chi connectivity index (χ3v) is 5.10. The van der Waals surface area contributed by atoms with Gasteiger partial charge in [0.05, 0.1) is 24.2 Å². The molecule has 0 aliphatic heterocycles. The van der Waals surface area contributed by atoms with Gasteiger partial charge in [-0.15, -0.1) is 0 Å². The number of ether oxygens (including phenoxy) is 1. The van der Waals surface area contributed by atoms with Gasteiger partial charge in [-0.3, -0.25) is 4.79 Å². The number of amides is 1. The van der Waals surface area contributed by atoms with Crippen LogP contribution in [0.4, 0.5) is 0 Å². The topological polar surface area (TPSA) is 56.2 Å². The Hall–Kier alpha value is -3.08. The van der Waals surface area contributed by atoms with Crippen molar-refractivity contribution >= 4 is 16.9 Å². The van der Waals surface area contributed by atoms with Crippen molar-refractivity contribution in [2.45, 2.75) is 52.6 Å². The maximum atomic E-state index is 11.9. The zero-order valence-corrected chi connectivity index (χ0v) is 18.1. The number of rotatable bonds is 10. The largest absolute Gasteiger partial charge is 0.493 e. The number of carbonyl (C=O) groups is 1. The summed E-state index contributed by atoms with van der Waals surface area (Å²) in [7, 11) is 0. The van der Waals surface area contributed by atoms with Gasteiger partial charge in [-0.25, -0.2) is 4.98 Å². The summed E-state index contributed by atoms with van der Waals surface area (Å²) < 4.78 is 8.24. The molecule has 1 amide bonds. The Kier molecular flexibility index (Phi) is 7.28. The van der Waals surface area contributed by atoms with E-state index in [1.54, 1.807) is 6.92 Å². The lowest BCUT2D eigenvalue weighted by Gasteiger charge is -2.14. The molecule has 0 fully saturated rings. The fourth-order valence-electron chi connectivity index (χ4n) is 3.46. The molecule has 0 aliphatic rings. The van der Waals surface area contributed by atoms with Crippen LogP contribution >= 0.6 is 0 Å². The second-order valence-electron chi connectivity index (χ2n) is 7.88. The quantitative estimate of drug-likeness (QED) is 0.372. The van der Waals surface area contributed by atoms with Gasteiger partial charge in [0.1, 0.15) is 11.6 Å². The van der Waals surface area contributed by atoms with E-state index in [0.717, 1.165) is 42.0 Å². The van der Waals surface area contributed by atoms with Crippen molar-refractivity contribution in [3.63, 3.8) is 0 Å². The number of unbranched alkanes of at least 4 members (excludes halogenated alkanes) is 1. The molecule has 1 heterocycles. The number of hydrogen-bond acceptors (Lipinski definition) is 3. The van der Waals surface area contributed by atoms with Crippen LogP contribution in [0.25, 0.3) is 11.0 Å². The fraction of sp³-hybridized carbons (Fsp3) is 0.360. The number of fused-ring (bicyclic) bond motifs is 1. The molecule has 0 spiro atoms. The van der Waals surface area contributed by atoms with E-state index in [1.807, 2.05) is 30.3 Å². The first kappa shape index (κ1) is 21.6. The molecule has 0 bridgehead atoms. The lowest BCUT2D eigenvalue weighted by molar-refractivity contribution is -0.117. The zero-order chi connectivity index (χ0) is 21.5. The van der Waals surface area contributed by atoms with Gasteiger partial charge >= 0.3 is 0 Å². The number of para-hydroxylation sites is 3. The van der Waals surface area contributed by atoms with E-state index in [1.165, 1.54) is 5.56 Å². The number of aryl methyl sites for hydroxylation is 1. The summed E-state index contributed by atoms with van der Waals surface area (Å²) in [6.07, 6.45) is 1.90.